The molecule has 0 aliphatic rings. The van der Waals surface area contributed by atoms with Gasteiger partial charge in [0.05, 0.1) is 12.6 Å². The fourth-order valence-electron chi connectivity index (χ4n) is 0.901. The molecule has 1 aromatic carbocycles. The molecule has 0 amide bonds. The third-order valence-electron chi connectivity index (χ3n) is 1.56. The average Bonchev–Trinajstić information content (AvgIpc) is 2.03. The molecule has 0 aliphatic carbocycles. The second-order valence-electron chi connectivity index (χ2n) is 2.45. The molecule has 0 saturated heterocycles. The minimum Gasteiger partial charge on any atom is -0.394 e. The molecule has 0 fully saturated rings. The molecule has 0 unspecified atom stereocenters. The van der Waals surface area contributed by atoms with E-state index in [1.54, 1.807) is 18.2 Å². The number of benzene rings is 1. The summed E-state index contributed by atoms with van der Waals surface area (Å²) in [6.45, 7) is -0.0692. The van der Waals surface area contributed by atoms with Crippen LogP contribution in [-0.4, -0.2) is 11.7 Å². The molecule has 1 atom stereocenters. The summed E-state index contributed by atoms with van der Waals surface area (Å²) >= 11 is 9.04. The van der Waals surface area contributed by atoms with E-state index in [9.17, 15) is 0 Å². The van der Waals surface area contributed by atoms with Crippen LogP contribution >= 0.6 is 27.5 Å². The van der Waals surface area contributed by atoms with Crippen LogP contribution in [0.1, 0.15) is 11.6 Å². The van der Waals surface area contributed by atoms with Gasteiger partial charge in [0.15, 0.2) is 0 Å². The number of aliphatic hydroxyl groups excluding tert-OH is 1. The molecule has 1 aromatic rings. The Morgan fingerprint density at radius 3 is 2.75 bits per heavy atom. The molecular weight excluding hydrogens is 241 g/mol. The Bertz CT molecular complexity index is 280. The van der Waals surface area contributed by atoms with E-state index in [-0.39, 0.29) is 12.6 Å². The first-order valence-electron chi connectivity index (χ1n) is 3.46. The summed E-state index contributed by atoms with van der Waals surface area (Å²) in [6.07, 6.45) is 0. The minimum atomic E-state index is -0.350. The lowest BCUT2D eigenvalue weighted by atomic mass is 10.1. The van der Waals surface area contributed by atoms with Gasteiger partial charge in [-0.3, -0.25) is 0 Å². The van der Waals surface area contributed by atoms with Crippen LogP contribution in [0.25, 0.3) is 0 Å². The van der Waals surface area contributed by atoms with Crippen LogP contribution in [0.4, 0.5) is 0 Å². The van der Waals surface area contributed by atoms with Gasteiger partial charge in [0.2, 0.25) is 0 Å². The Balaban J connectivity index is 3.01. The summed E-state index contributed by atoms with van der Waals surface area (Å²) < 4.78 is 0.830. The molecule has 0 radical (unpaired) electrons. The maximum Gasteiger partial charge on any atom is 0.0624 e. The summed E-state index contributed by atoms with van der Waals surface area (Å²) in [5.41, 5.74) is 6.48. The lowest BCUT2D eigenvalue weighted by molar-refractivity contribution is 0.267. The maximum absolute atomic E-state index is 8.80. The molecular formula is C8H9BrClNO. The lowest BCUT2D eigenvalue weighted by Crippen LogP contribution is -2.14. The molecule has 0 saturated carbocycles. The molecule has 0 aliphatic heterocycles. The Labute approximate surface area is 84.5 Å². The van der Waals surface area contributed by atoms with Crippen LogP contribution in [0.2, 0.25) is 5.02 Å². The molecule has 2 nitrogen and oxygen atoms in total. The minimum absolute atomic E-state index is 0.0692. The van der Waals surface area contributed by atoms with Crippen LogP contribution in [-0.2, 0) is 0 Å². The van der Waals surface area contributed by atoms with Crippen molar-refractivity contribution in [2.75, 3.05) is 6.61 Å². The zero-order valence-electron chi connectivity index (χ0n) is 6.30. The van der Waals surface area contributed by atoms with Gasteiger partial charge in [-0.05, 0) is 17.7 Å². The molecule has 3 N–H and O–H groups in total. The van der Waals surface area contributed by atoms with E-state index in [4.69, 9.17) is 22.4 Å². The molecule has 1 rings (SSSR count). The molecule has 0 bridgehead atoms. The number of rotatable bonds is 2. The standard InChI is InChI=1S/C8H9BrClNO/c9-7-3-5(10)1-2-6(7)8(11)4-12/h1-3,8,12H,4,11H2/t8-/m1/s1. The van der Waals surface area contributed by atoms with Crippen molar-refractivity contribution in [1.82, 2.24) is 0 Å². The summed E-state index contributed by atoms with van der Waals surface area (Å²) in [5, 5.41) is 9.45. The van der Waals surface area contributed by atoms with Crippen molar-refractivity contribution in [1.29, 1.82) is 0 Å². The zero-order chi connectivity index (χ0) is 9.14. The number of hydrogen-bond acceptors (Lipinski definition) is 2. The quantitative estimate of drug-likeness (QED) is 0.844. The highest BCUT2D eigenvalue weighted by Gasteiger charge is 2.08. The molecule has 12 heavy (non-hydrogen) atoms. The SMILES string of the molecule is N[C@H](CO)c1ccc(Cl)cc1Br. The first-order valence-corrected chi connectivity index (χ1v) is 4.63. The largest absolute Gasteiger partial charge is 0.394 e. The summed E-state index contributed by atoms with van der Waals surface area (Å²) in [5.74, 6) is 0. The number of halogens is 2. The van der Waals surface area contributed by atoms with E-state index >= 15 is 0 Å². The highest BCUT2D eigenvalue weighted by Crippen LogP contribution is 2.25. The Hall–Kier alpha value is -0.0900. The molecule has 0 spiro atoms. The van der Waals surface area contributed by atoms with Gasteiger partial charge in [0.25, 0.3) is 0 Å². The predicted molar refractivity (Wildman–Crippen MR) is 53.2 cm³/mol. The normalized spacial score (nSPS) is 13.0. The second kappa shape index (κ2) is 4.23. The Kier molecular flexibility index (Phi) is 3.53. The van der Waals surface area contributed by atoms with Gasteiger partial charge < -0.3 is 10.8 Å². The first kappa shape index (κ1) is 9.99. The van der Waals surface area contributed by atoms with Gasteiger partial charge >= 0.3 is 0 Å². The third-order valence-corrected chi connectivity index (χ3v) is 2.48. The van der Waals surface area contributed by atoms with Crippen molar-refractivity contribution in [3.63, 3.8) is 0 Å². The van der Waals surface area contributed by atoms with Gasteiger partial charge in [-0.2, -0.15) is 0 Å². The molecule has 4 heteroatoms. The van der Waals surface area contributed by atoms with Crippen molar-refractivity contribution in [2.24, 2.45) is 5.73 Å². The van der Waals surface area contributed by atoms with E-state index in [0.29, 0.717) is 5.02 Å². The summed E-state index contributed by atoms with van der Waals surface area (Å²) in [7, 11) is 0. The van der Waals surface area contributed by atoms with Gasteiger partial charge in [0, 0.05) is 9.50 Å². The predicted octanol–water partition coefficient (Wildman–Crippen LogP) is 2.09. The molecule has 0 heterocycles. The number of aliphatic hydroxyl groups is 1. The fourth-order valence-corrected chi connectivity index (χ4v) is 1.88. The van der Waals surface area contributed by atoms with Crippen LogP contribution < -0.4 is 5.73 Å². The van der Waals surface area contributed by atoms with Crippen LogP contribution in [0.3, 0.4) is 0 Å². The monoisotopic (exact) mass is 249 g/mol. The molecule has 0 aromatic heterocycles. The molecule has 66 valence electrons. The average molecular weight is 251 g/mol. The van der Waals surface area contributed by atoms with Crippen LogP contribution in [0, 0.1) is 0 Å². The number of hydrogen-bond donors (Lipinski definition) is 2. The highest BCUT2D eigenvalue weighted by molar-refractivity contribution is 9.10. The van der Waals surface area contributed by atoms with Crippen LogP contribution in [0.5, 0.6) is 0 Å². The van der Waals surface area contributed by atoms with Crippen molar-refractivity contribution >= 4 is 27.5 Å². The lowest BCUT2D eigenvalue weighted by Gasteiger charge is -2.10. The van der Waals surface area contributed by atoms with Crippen LogP contribution in [0.15, 0.2) is 22.7 Å². The third kappa shape index (κ3) is 2.20. The van der Waals surface area contributed by atoms with E-state index in [1.807, 2.05) is 0 Å². The van der Waals surface area contributed by atoms with E-state index < -0.39 is 0 Å². The van der Waals surface area contributed by atoms with Gasteiger partial charge in [-0.25, -0.2) is 0 Å². The number of nitrogens with two attached hydrogens (primary N) is 1. The van der Waals surface area contributed by atoms with Gasteiger partial charge in [0.1, 0.15) is 0 Å². The van der Waals surface area contributed by atoms with Crippen molar-refractivity contribution in [3.05, 3.63) is 33.3 Å². The Morgan fingerprint density at radius 1 is 1.58 bits per heavy atom. The van der Waals surface area contributed by atoms with Crippen molar-refractivity contribution in [3.8, 4) is 0 Å². The van der Waals surface area contributed by atoms with Gasteiger partial charge in [-0.1, -0.05) is 33.6 Å². The topological polar surface area (TPSA) is 46.2 Å². The van der Waals surface area contributed by atoms with Crippen molar-refractivity contribution in [2.45, 2.75) is 6.04 Å². The van der Waals surface area contributed by atoms with Gasteiger partial charge in [-0.15, -0.1) is 0 Å². The Morgan fingerprint density at radius 2 is 2.25 bits per heavy atom. The zero-order valence-corrected chi connectivity index (χ0v) is 8.64. The smallest absolute Gasteiger partial charge is 0.0624 e. The van der Waals surface area contributed by atoms with E-state index in [2.05, 4.69) is 15.9 Å². The first-order chi connectivity index (χ1) is 5.65. The maximum atomic E-state index is 8.80. The summed E-state index contributed by atoms with van der Waals surface area (Å²) in [6, 6.07) is 4.95. The van der Waals surface area contributed by atoms with E-state index in [0.717, 1.165) is 10.0 Å². The summed E-state index contributed by atoms with van der Waals surface area (Å²) in [4.78, 5) is 0. The highest BCUT2D eigenvalue weighted by atomic mass is 79.9. The second-order valence-corrected chi connectivity index (χ2v) is 3.75. The fraction of sp³-hybridized carbons (Fsp3) is 0.250. The van der Waals surface area contributed by atoms with Crippen molar-refractivity contribution < 1.29 is 5.11 Å². The van der Waals surface area contributed by atoms with E-state index in [1.165, 1.54) is 0 Å².